The van der Waals surface area contributed by atoms with Crippen molar-refractivity contribution in [3.05, 3.63) is 93.5 Å². The van der Waals surface area contributed by atoms with E-state index in [4.69, 9.17) is 27.9 Å². The van der Waals surface area contributed by atoms with E-state index in [2.05, 4.69) is 15.8 Å². The molecule has 31 heavy (non-hydrogen) atoms. The molecule has 3 rings (SSSR count). The van der Waals surface area contributed by atoms with E-state index in [0.717, 1.165) is 16.8 Å². The number of benzene rings is 3. The second-order valence-corrected chi connectivity index (χ2v) is 7.44. The van der Waals surface area contributed by atoms with Crippen molar-refractivity contribution in [3.8, 4) is 5.75 Å². The molecule has 6 nitrogen and oxygen atoms in total. The van der Waals surface area contributed by atoms with Crippen molar-refractivity contribution in [2.75, 3.05) is 11.9 Å². The molecule has 0 aliphatic carbocycles. The largest absolute Gasteiger partial charge is 0.423 e. The molecule has 0 aromatic heterocycles. The zero-order valence-corrected chi connectivity index (χ0v) is 18.1. The highest BCUT2D eigenvalue weighted by atomic mass is 35.5. The maximum Gasteiger partial charge on any atom is 0.345 e. The molecule has 1 amide bonds. The molecule has 0 aliphatic heterocycles. The molecule has 0 fully saturated rings. The lowest BCUT2D eigenvalue weighted by Gasteiger charge is -2.06. The number of ether oxygens (including phenoxy) is 1. The number of anilines is 1. The number of aryl methyl sites for hydroxylation is 1. The van der Waals surface area contributed by atoms with Crippen LogP contribution in [0.5, 0.6) is 5.75 Å². The van der Waals surface area contributed by atoms with Gasteiger partial charge in [0.05, 0.1) is 23.3 Å². The predicted octanol–water partition coefficient (Wildman–Crippen LogP) is 5.08. The van der Waals surface area contributed by atoms with Gasteiger partial charge in [-0.15, -0.1) is 0 Å². The van der Waals surface area contributed by atoms with Crippen LogP contribution in [0.1, 0.15) is 21.5 Å². The van der Waals surface area contributed by atoms with Crippen LogP contribution in [0.4, 0.5) is 5.69 Å². The number of amides is 1. The first-order chi connectivity index (χ1) is 14.9. The van der Waals surface area contributed by atoms with Crippen molar-refractivity contribution in [2.45, 2.75) is 6.92 Å². The monoisotopic (exact) mass is 455 g/mol. The van der Waals surface area contributed by atoms with Gasteiger partial charge in [-0.2, -0.15) is 5.10 Å². The molecule has 3 aromatic carbocycles. The Bertz CT molecular complexity index is 1100. The third-order valence-corrected chi connectivity index (χ3v) is 4.70. The summed E-state index contributed by atoms with van der Waals surface area (Å²) in [5, 5.41) is 7.59. The molecule has 0 saturated heterocycles. The van der Waals surface area contributed by atoms with Crippen LogP contribution in [0.15, 0.2) is 71.8 Å². The van der Waals surface area contributed by atoms with Gasteiger partial charge < -0.3 is 10.1 Å². The van der Waals surface area contributed by atoms with E-state index in [9.17, 15) is 9.59 Å². The van der Waals surface area contributed by atoms with Gasteiger partial charge in [0.2, 0.25) is 0 Å². The van der Waals surface area contributed by atoms with Gasteiger partial charge in [-0.25, -0.2) is 10.2 Å². The summed E-state index contributed by atoms with van der Waals surface area (Å²) in [6.45, 7) is 2.10. The molecule has 3 aromatic rings. The smallest absolute Gasteiger partial charge is 0.345 e. The maximum absolute atomic E-state index is 12.2. The molecule has 0 spiro atoms. The summed E-state index contributed by atoms with van der Waals surface area (Å²) in [5.74, 6) is -0.516. The Kier molecular flexibility index (Phi) is 7.65. The minimum absolute atomic E-state index is 0.0998. The minimum atomic E-state index is -0.587. The van der Waals surface area contributed by atoms with Gasteiger partial charge in [-0.05, 0) is 67.1 Å². The number of carbonyl (C=O) groups is 2. The van der Waals surface area contributed by atoms with Gasteiger partial charge in [-0.3, -0.25) is 4.79 Å². The fourth-order valence-corrected chi connectivity index (χ4v) is 3.00. The Morgan fingerprint density at radius 2 is 1.71 bits per heavy atom. The van der Waals surface area contributed by atoms with E-state index >= 15 is 0 Å². The van der Waals surface area contributed by atoms with Crippen LogP contribution in [0.25, 0.3) is 0 Å². The van der Waals surface area contributed by atoms with Gasteiger partial charge in [-0.1, -0.05) is 40.9 Å². The van der Waals surface area contributed by atoms with Crippen LogP contribution in [-0.2, 0) is 4.79 Å². The molecular formula is C23H19Cl2N3O3. The summed E-state index contributed by atoms with van der Waals surface area (Å²) < 4.78 is 5.31. The highest BCUT2D eigenvalue weighted by Gasteiger charge is 2.13. The molecule has 0 aliphatic rings. The summed E-state index contributed by atoms with van der Waals surface area (Å²) in [4.78, 5) is 24.1. The summed E-state index contributed by atoms with van der Waals surface area (Å²) in [7, 11) is 0. The highest BCUT2D eigenvalue weighted by molar-refractivity contribution is 6.36. The van der Waals surface area contributed by atoms with Crippen molar-refractivity contribution in [1.29, 1.82) is 0 Å². The van der Waals surface area contributed by atoms with Crippen molar-refractivity contribution in [1.82, 2.24) is 5.43 Å². The number of esters is 1. The lowest BCUT2D eigenvalue weighted by Crippen LogP contribution is -2.25. The zero-order valence-electron chi connectivity index (χ0n) is 16.6. The van der Waals surface area contributed by atoms with Crippen molar-refractivity contribution in [2.24, 2.45) is 5.10 Å². The van der Waals surface area contributed by atoms with E-state index in [-0.39, 0.29) is 23.0 Å². The highest BCUT2D eigenvalue weighted by Crippen LogP contribution is 2.23. The first-order valence-electron chi connectivity index (χ1n) is 9.30. The second-order valence-electron chi connectivity index (χ2n) is 6.60. The van der Waals surface area contributed by atoms with Gasteiger partial charge in [0, 0.05) is 10.7 Å². The topological polar surface area (TPSA) is 79.8 Å². The maximum atomic E-state index is 12.2. The fourth-order valence-electron chi connectivity index (χ4n) is 2.51. The molecule has 8 heteroatoms. The van der Waals surface area contributed by atoms with E-state index in [0.29, 0.717) is 10.8 Å². The number of carbonyl (C=O) groups excluding carboxylic acids is 2. The second kappa shape index (κ2) is 10.6. The average molecular weight is 456 g/mol. The Morgan fingerprint density at radius 3 is 2.39 bits per heavy atom. The minimum Gasteiger partial charge on any atom is -0.423 e. The van der Waals surface area contributed by atoms with E-state index in [1.165, 1.54) is 18.3 Å². The normalized spacial score (nSPS) is 10.7. The van der Waals surface area contributed by atoms with Gasteiger partial charge in [0.25, 0.3) is 5.91 Å². The molecule has 0 heterocycles. The van der Waals surface area contributed by atoms with Crippen molar-refractivity contribution in [3.63, 3.8) is 0 Å². The molecule has 158 valence electrons. The Labute approximate surface area is 189 Å². The third-order valence-electron chi connectivity index (χ3n) is 4.15. The summed E-state index contributed by atoms with van der Waals surface area (Å²) in [6.07, 6.45) is 1.49. The van der Waals surface area contributed by atoms with E-state index < -0.39 is 5.97 Å². The van der Waals surface area contributed by atoms with Crippen LogP contribution in [0.2, 0.25) is 10.0 Å². The standard InChI is InChI=1S/C23H19Cl2N3O3/c1-15-2-7-18(8-3-15)26-14-22(29)28-27-13-16-4-9-19(10-5-16)31-23(30)20-11-6-17(24)12-21(20)25/h2-13,26H,14H2,1H3,(H,28,29)/b27-13+. The fraction of sp³-hybridized carbons (Fsp3) is 0.0870. The Morgan fingerprint density at radius 1 is 1.00 bits per heavy atom. The third kappa shape index (κ3) is 6.84. The van der Waals surface area contributed by atoms with Gasteiger partial charge >= 0.3 is 5.97 Å². The first kappa shape index (κ1) is 22.3. The van der Waals surface area contributed by atoms with Gasteiger partial charge in [0.1, 0.15) is 5.75 Å². The van der Waals surface area contributed by atoms with Crippen LogP contribution < -0.4 is 15.5 Å². The Hall–Kier alpha value is -3.35. The molecule has 0 bridgehead atoms. The summed E-state index contributed by atoms with van der Waals surface area (Å²) in [6, 6.07) is 18.9. The molecule has 0 saturated carbocycles. The summed E-state index contributed by atoms with van der Waals surface area (Å²) in [5.41, 5.74) is 5.39. The quantitative estimate of drug-likeness (QED) is 0.225. The number of hydrogen-bond acceptors (Lipinski definition) is 5. The molecule has 2 N–H and O–H groups in total. The van der Waals surface area contributed by atoms with Crippen LogP contribution in [-0.4, -0.2) is 24.6 Å². The molecule has 0 unspecified atom stereocenters. The number of nitrogens with one attached hydrogen (secondary N) is 2. The van der Waals surface area contributed by atoms with E-state index in [1.54, 1.807) is 30.3 Å². The van der Waals surface area contributed by atoms with Crippen LogP contribution >= 0.6 is 23.2 Å². The van der Waals surface area contributed by atoms with Crippen molar-refractivity contribution >= 4 is 47.0 Å². The van der Waals surface area contributed by atoms with Crippen LogP contribution in [0.3, 0.4) is 0 Å². The Balaban J connectivity index is 1.48. The predicted molar refractivity (Wildman–Crippen MR) is 123 cm³/mol. The molecular weight excluding hydrogens is 437 g/mol. The molecule has 0 radical (unpaired) electrons. The number of hydrazone groups is 1. The first-order valence-corrected chi connectivity index (χ1v) is 10.1. The number of nitrogens with zero attached hydrogens (tertiary/aromatic N) is 1. The average Bonchev–Trinajstić information content (AvgIpc) is 2.74. The zero-order chi connectivity index (χ0) is 22.2. The van der Waals surface area contributed by atoms with Crippen LogP contribution in [0, 0.1) is 6.92 Å². The van der Waals surface area contributed by atoms with Crippen molar-refractivity contribution < 1.29 is 14.3 Å². The SMILES string of the molecule is Cc1ccc(NCC(=O)N/N=C/c2ccc(OC(=O)c3ccc(Cl)cc3Cl)cc2)cc1. The number of hydrogen-bond donors (Lipinski definition) is 2. The summed E-state index contributed by atoms with van der Waals surface area (Å²) >= 11 is 11.9. The molecule has 0 atom stereocenters. The van der Waals surface area contributed by atoms with E-state index in [1.807, 2.05) is 31.2 Å². The van der Waals surface area contributed by atoms with Gasteiger partial charge in [0.15, 0.2) is 0 Å². The lowest BCUT2D eigenvalue weighted by atomic mass is 10.2. The number of halogens is 2. The number of rotatable bonds is 7. The lowest BCUT2D eigenvalue weighted by molar-refractivity contribution is -0.119.